The van der Waals surface area contributed by atoms with Crippen molar-refractivity contribution in [1.29, 1.82) is 0 Å². The fourth-order valence-electron chi connectivity index (χ4n) is 3.52. The van der Waals surface area contributed by atoms with Crippen LogP contribution in [0.3, 0.4) is 0 Å². The maximum Gasteiger partial charge on any atom is 0.346 e. The summed E-state index contributed by atoms with van der Waals surface area (Å²) in [6.45, 7) is 1.30. The maximum absolute atomic E-state index is 12.1. The van der Waals surface area contributed by atoms with E-state index < -0.39 is 5.69 Å². The number of carbonyl (C=O) groups is 1. The Labute approximate surface area is 160 Å². The normalized spacial score (nSPS) is 15.6. The number of hydrogen-bond donors (Lipinski definition) is 4. The van der Waals surface area contributed by atoms with E-state index in [0.717, 1.165) is 24.1 Å². The van der Waals surface area contributed by atoms with Crippen molar-refractivity contribution in [2.45, 2.75) is 18.8 Å². The summed E-state index contributed by atoms with van der Waals surface area (Å²) in [5.74, 6) is 1.83. The second-order valence-electron chi connectivity index (χ2n) is 6.81. The van der Waals surface area contributed by atoms with E-state index in [4.69, 9.17) is 16.2 Å². The Morgan fingerprint density at radius 1 is 1.29 bits per heavy atom. The number of benzene rings is 1. The Balaban J connectivity index is 1.43. The van der Waals surface area contributed by atoms with Crippen LogP contribution in [0.15, 0.2) is 34.2 Å². The van der Waals surface area contributed by atoms with Gasteiger partial charge in [0.1, 0.15) is 6.54 Å². The number of hydrogen-bond acceptors (Lipinski definition) is 6. The van der Waals surface area contributed by atoms with Crippen molar-refractivity contribution >= 4 is 23.4 Å². The van der Waals surface area contributed by atoms with E-state index in [1.54, 1.807) is 4.90 Å². The lowest BCUT2D eigenvalue weighted by Gasteiger charge is -2.32. The van der Waals surface area contributed by atoms with Crippen LogP contribution in [-0.2, 0) is 4.79 Å². The molecule has 2 aromatic rings. The third-order valence-corrected chi connectivity index (χ3v) is 4.98. The Morgan fingerprint density at radius 3 is 2.82 bits per heavy atom. The van der Waals surface area contributed by atoms with Crippen molar-refractivity contribution in [3.8, 4) is 11.5 Å². The molecule has 2 aliphatic rings. The zero-order valence-electron chi connectivity index (χ0n) is 15.1. The van der Waals surface area contributed by atoms with Crippen molar-refractivity contribution in [3.05, 3.63) is 40.4 Å². The van der Waals surface area contributed by atoms with Gasteiger partial charge in [-0.3, -0.25) is 9.78 Å². The number of ether oxygens (including phenoxy) is 1. The SMILES string of the molecule is NC(N)=NCC(=O)N1CCC(c2ccc3c(c2)Nc2[nH]c(=O)ncc2O3)CC1. The Hall–Kier alpha value is -3.56. The number of H-pyrrole nitrogens is 1. The van der Waals surface area contributed by atoms with Gasteiger partial charge < -0.3 is 26.4 Å². The molecule has 10 heteroatoms. The molecular formula is C18H21N7O3. The summed E-state index contributed by atoms with van der Waals surface area (Å²) in [6, 6.07) is 5.97. The van der Waals surface area contributed by atoms with Gasteiger partial charge in [-0.15, -0.1) is 0 Å². The van der Waals surface area contributed by atoms with Gasteiger partial charge in [0, 0.05) is 13.1 Å². The lowest BCUT2D eigenvalue weighted by molar-refractivity contribution is -0.130. The van der Waals surface area contributed by atoms with Gasteiger partial charge >= 0.3 is 5.69 Å². The third-order valence-electron chi connectivity index (χ3n) is 4.98. The molecule has 146 valence electrons. The predicted molar refractivity (Wildman–Crippen MR) is 104 cm³/mol. The summed E-state index contributed by atoms with van der Waals surface area (Å²) in [5, 5.41) is 3.19. The van der Waals surface area contributed by atoms with Gasteiger partial charge in [-0.25, -0.2) is 9.79 Å². The molecule has 0 bridgehead atoms. The summed E-state index contributed by atoms with van der Waals surface area (Å²) < 4.78 is 5.79. The first-order valence-electron chi connectivity index (χ1n) is 9.01. The highest BCUT2D eigenvalue weighted by atomic mass is 16.5. The predicted octanol–water partition coefficient (Wildman–Crippen LogP) is 0.599. The fourth-order valence-corrected chi connectivity index (χ4v) is 3.52. The van der Waals surface area contributed by atoms with Gasteiger partial charge in [-0.1, -0.05) is 6.07 Å². The quantitative estimate of drug-likeness (QED) is 0.382. The van der Waals surface area contributed by atoms with Gasteiger partial charge in [0.25, 0.3) is 0 Å². The number of amides is 1. The van der Waals surface area contributed by atoms with Gasteiger partial charge in [-0.2, -0.15) is 4.98 Å². The smallest absolute Gasteiger partial charge is 0.346 e. The van der Waals surface area contributed by atoms with Crippen molar-refractivity contribution in [3.63, 3.8) is 0 Å². The molecule has 4 rings (SSSR count). The number of aliphatic imine (C=N–C) groups is 1. The molecule has 0 spiro atoms. The van der Waals surface area contributed by atoms with Crippen LogP contribution in [0.2, 0.25) is 0 Å². The third kappa shape index (κ3) is 3.61. The number of likely N-dealkylation sites (tertiary alicyclic amines) is 1. The summed E-state index contributed by atoms with van der Waals surface area (Å²) in [5.41, 5.74) is 12.1. The highest BCUT2D eigenvalue weighted by Gasteiger charge is 2.25. The van der Waals surface area contributed by atoms with Crippen LogP contribution in [0, 0.1) is 0 Å². The van der Waals surface area contributed by atoms with Crippen LogP contribution in [0.5, 0.6) is 11.5 Å². The van der Waals surface area contributed by atoms with Crippen molar-refractivity contribution in [2.24, 2.45) is 16.5 Å². The number of aromatic nitrogens is 2. The molecule has 0 saturated carbocycles. The van der Waals surface area contributed by atoms with E-state index in [1.165, 1.54) is 6.20 Å². The minimum Gasteiger partial charge on any atom is -0.450 e. The number of rotatable bonds is 3. The van der Waals surface area contributed by atoms with E-state index in [0.29, 0.717) is 36.3 Å². The van der Waals surface area contributed by atoms with E-state index in [2.05, 4.69) is 20.3 Å². The summed E-state index contributed by atoms with van der Waals surface area (Å²) in [4.78, 5) is 35.4. The average Bonchev–Trinajstić information content (AvgIpc) is 2.70. The molecule has 0 aliphatic carbocycles. The summed E-state index contributed by atoms with van der Waals surface area (Å²) in [6.07, 6.45) is 3.10. The summed E-state index contributed by atoms with van der Waals surface area (Å²) in [7, 11) is 0. The Kier molecular flexibility index (Phi) is 4.60. The first kappa shape index (κ1) is 17.8. The molecule has 6 N–H and O–H groups in total. The van der Waals surface area contributed by atoms with E-state index in [9.17, 15) is 9.59 Å². The lowest BCUT2D eigenvalue weighted by atomic mass is 9.89. The molecule has 0 radical (unpaired) electrons. The van der Waals surface area contributed by atoms with Gasteiger partial charge in [0.15, 0.2) is 23.3 Å². The van der Waals surface area contributed by atoms with E-state index in [-0.39, 0.29) is 18.4 Å². The Bertz CT molecular complexity index is 989. The molecule has 2 aliphatic heterocycles. The summed E-state index contributed by atoms with van der Waals surface area (Å²) >= 11 is 0. The number of aromatic amines is 1. The van der Waals surface area contributed by atoms with Crippen molar-refractivity contribution in [2.75, 3.05) is 25.0 Å². The standard InChI is InChI=1S/C18H21N7O3/c19-17(20)21-9-15(26)25-5-3-10(4-6-25)11-1-2-13-12(7-11)23-16-14(28-13)8-22-18(27)24-16/h1-2,7-8,10H,3-6,9H2,(H4,19,20,21)(H2,22,23,24,27). The van der Waals surface area contributed by atoms with Crippen LogP contribution in [0.25, 0.3) is 0 Å². The van der Waals surface area contributed by atoms with Crippen molar-refractivity contribution in [1.82, 2.24) is 14.9 Å². The second-order valence-corrected chi connectivity index (χ2v) is 6.81. The maximum atomic E-state index is 12.1. The number of fused-ring (bicyclic) bond motifs is 2. The number of anilines is 2. The van der Waals surface area contributed by atoms with Gasteiger partial charge in [0.05, 0.1) is 11.9 Å². The monoisotopic (exact) mass is 383 g/mol. The molecule has 3 heterocycles. The van der Waals surface area contributed by atoms with E-state index in [1.807, 2.05) is 18.2 Å². The van der Waals surface area contributed by atoms with Crippen molar-refractivity contribution < 1.29 is 9.53 Å². The highest BCUT2D eigenvalue weighted by Crippen LogP contribution is 2.42. The lowest BCUT2D eigenvalue weighted by Crippen LogP contribution is -2.39. The van der Waals surface area contributed by atoms with Crippen LogP contribution >= 0.6 is 0 Å². The van der Waals surface area contributed by atoms with E-state index >= 15 is 0 Å². The zero-order chi connectivity index (χ0) is 19.7. The molecule has 1 fully saturated rings. The molecule has 1 aromatic heterocycles. The topological polar surface area (TPSA) is 152 Å². The largest absolute Gasteiger partial charge is 0.450 e. The Morgan fingerprint density at radius 2 is 2.07 bits per heavy atom. The molecule has 0 atom stereocenters. The number of carbonyl (C=O) groups excluding carboxylic acids is 1. The van der Waals surface area contributed by atoms with Crippen LogP contribution in [-0.4, -0.2) is 46.4 Å². The fraction of sp³-hybridized carbons (Fsp3) is 0.333. The zero-order valence-corrected chi connectivity index (χ0v) is 15.1. The minimum absolute atomic E-state index is 0.0143. The average molecular weight is 383 g/mol. The minimum atomic E-state index is -0.438. The second kappa shape index (κ2) is 7.22. The molecule has 0 unspecified atom stereocenters. The molecule has 1 amide bonds. The number of guanidine groups is 1. The van der Waals surface area contributed by atoms with Crippen LogP contribution in [0.1, 0.15) is 24.3 Å². The van der Waals surface area contributed by atoms with Crippen LogP contribution < -0.4 is 27.2 Å². The van der Waals surface area contributed by atoms with Gasteiger partial charge in [0.2, 0.25) is 5.91 Å². The van der Waals surface area contributed by atoms with Gasteiger partial charge in [-0.05, 0) is 36.5 Å². The molecule has 1 saturated heterocycles. The number of piperidine rings is 1. The van der Waals surface area contributed by atoms with Crippen LogP contribution in [0.4, 0.5) is 11.5 Å². The molecular weight excluding hydrogens is 362 g/mol. The number of nitrogens with two attached hydrogens (primary N) is 2. The highest BCUT2D eigenvalue weighted by molar-refractivity contribution is 5.83. The molecule has 10 nitrogen and oxygen atoms in total. The molecule has 28 heavy (non-hydrogen) atoms. The molecule has 1 aromatic carbocycles. The first-order valence-corrected chi connectivity index (χ1v) is 9.01. The first-order chi connectivity index (χ1) is 13.5. The number of nitrogens with zero attached hydrogens (tertiary/aromatic N) is 3. The number of nitrogens with one attached hydrogen (secondary N) is 2.